The van der Waals surface area contributed by atoms with Gasteiger partial charge in [0.2, 0.25) is 5.78 Å². The van der Waals surface area contributed by atoms with Crippen LogP contribution in [0.5, 0.6) is 0 Å². The quantitative estimate of drug-likeness (QED) is 0.739. The molecule has 17 heavy (non-hydrogen) atoms. The summed E-state index contributed by atoms with van der Waals surface area (Å²) in [5.41, 5.74) is 0.336. The molecule has 0 bridgehead atoms. The molecular formula is C10H14N2O4S. The molecule has 6 nitrogen and oxygen atoms in total. The average Bonchev–Trinajstić information content (AvgIpc) is 2.79. The van der Waals surface area contributed by atoms with Gasteiger partial charge in [0.1, 0.15) is 12.3 Å². The summed E-state index contributed by atoms with van der Waals surface area (Å²) in [5, 5.41) is 8.73. The van der Waals surface area contributed by atoms with Crippen LogP contribution in [-0.4, -0.2) is 31.6 Å². The SMILES string of the molecule is O=C(CO)C1=NS(=O)(=O)NC(C2CCCC2)=C1. The molecule has 7 heteroatoms. The zero-order valence-corrected chi connectivity index (χ0v) is 10.0. The molecule has 0 unspecified atom stereocenters. The Morgan fingerprint density at radius 1 is 1.47 bits per heavy atom. The second kappa shape index (κ2) is 4.58. The van der Waals surface area contributed by atoms with E-state index in [1.165, 1.54) is 6.08 Å². The Morgan fingerprint density at radius 3 is 2.71 bits per heavy atom. The van der Waals surface area contributed by atoms with Gasteiger partial charge in [-0.15, -0.1) is 4.40 Å². The fourth-order valence-corrected chi connectivity index (χ4v) is 3.14. The lowest BCUT2D eigenvalue weighted by Gasteiger charge is -2.19. The van der Waals surface area contributed by atoms with Gasteiger partial charge in [-0.25, -0.2) is 0 Å². The molecule has 2 N–H and O–H groups in total. The van der Waals surface area contributed by atoms with Crippen molar-refractivity contribution in [2.45, 2.75) is 25.7 Å². The van der Waals surface area contributed by atoms with E-state index in [1.807, 2.05) is 0 Å². The van der Waals surface area contributed by atoms with Crippen LogP contribution in [0.25, 0.3) is 0 Å². The zero-order valence-electron chi connectivity index (χ0n) is 9.22. The standard InChI is InChI=1S/C10H14N2O4S/c13-6-10(14)9-5-8(7-3-1-2-4-7)11-17(15,16)12-9/h5,7,11,13H,1-4,6H2. The number of aliphatic hydroxyl groups is 1. The van der Waals surface area contributed by atoms with Crippen molar-refractivity contribution in [3.63, 3.8) is 0 Å². The fourth-order valence-electron chi connectivity index (χ4n) is 2.15. The molecule has 1 aliphatic heterocycles. The van der Waals surface area contributed by atoms with Crippen LogP contribution in [0.2, 0.25) is 0 Å². The predicted octanol–water partition coefficient (Wildman–Crippen LogP) is -0.0891. The lowest BCUT2D eigenvalue weighted by atomic mass is 10.0. The number of aliphatic hydroxyl groups excluding tert-OH is 1. The van der Waals surface area contributed by atoms with E-state index >= 15 is 0 Å². The number of nitrogens with one attached hydrogen (secondary N) is 1. The molecule has 1 fully saturated rings. The zero-order chi connectivity index (χ0) is 12.5. The molecule has 0 radical (unpaired) electrons. The summed E-state index contributed by atoms with van der Waals surface area (Å²) in [6.07, 6.45) is 5.38. The molecule has 0 aromatic rings. The van der Waals surface area contributed by atoms with Gasteiger partial charge in [-0.2, -0.15) is 8.42 Å². The van der Waals surface area contributed by atoms with Gasteiger partial charge < -0.3 is 5.11 Å². The Morgan fingerprint density at radius 2 is 2.12 bits per heavy atom. The van der Waals surface area contributed by atoms with Gasteiger partial charge in [-0.05, 0) is 24.8 Å². The molecule has 0 saturated heterocycles. The van der Waals surface area contributed by atoms with Gasteiger partial charge in [0.05, 0.1) is 0 Å². The van der Waals surface area contributed by atoms with Gasteiger partial charge in [-0.3, -0.25) is 9.52 Å². The number of nitrogens with zero attached hydrogens (tertiary/aromatic N) is 1. The van der Waals surface area contributed by atoms with Crippen LogP contribution >= 0.6 is 0 Å². The van der Waals surface area contributed by atoms with E-state index in [0.29, 0.717) is 5.70 Å². The van der Waals surface area contributed by atoms with E-state index < -0.39 is 22.6 Å². The molecule has 1 aliphatic carbocycles. The number of hydrogen-bond acceptors (Lipinski definition) is 4. The largest absolute Gasteiger partial charge is 0.388 e. The Balaban J connectivity index is 2.31. The van der Waals surface area contributed by atoms with Gasteiger partial charge in [-0.1, -0.05) is 12.8 Å². The van der Waals surface area contributed by atoms with Crippen molar-refractivity contribution in [2.24, 2.45) is 10.3 Å². The first kappa shape index (κ1) is 12.3. The van der Waals surface area contributed by atoms with E-state index in [0.717, 1.165) is 25.7 Å². The van der Waals surface area contributed by atoms with Crippen LogP contribution < -0.4 is 4.72 Å². The predicted molar refractivity (Wildman–Crippen MR) is 61.6 cm³/mol. The Bertz CT molecular complexity index is 486. The molecule has 0 atom stereocenters. The van der Waals surface area contributed by atoms with Crippen LogP contribution in [0.1, 0.15) is 25.7 Å². The Hall–Kier alpha value is -1.21. The molecule has 2 rings (SSSR count). The van der Waals surface area contributed by atoms with Gasteiger partial charge >= 0.3 is 10.2 Å². The molecule has 0 aromatic heterocycles. The number of carbonyl (C=O) groups is 1. The van der Waals surface area contributed by atoms with Gasteiger partial charge in [0.15, 0.2) is 0 Å². The minimum atomic E-state index is -3.84. The molecule has 94 valence electrons. The summed E-state index contributed by atoms with van der Waals surface area (Å²) in [6.45, 7) is -0.733. The second-order valence-corrected chi connectivity index (χ2v) is 5.55. The molecule has 2 aliphatic rings. The van der Waals surface area contributed by atoms with Crippen molar-refractivity contribution in [3.8, 4) is 0 Å². The minimum Gasteiger partial charge on any atom is -0.388 e. The highest BCUT2D eigenvalue weighted by Crippen LogP contribution is 2.31. The summed E-state index contributed by atoms with van der Waals surface area (Å²) in [7, 11) is -3.84. The van der Waals surface area contributed by atoms with Crippen LogP contribution in [0.3, 0.4) is 0 Å². The van der Waals surface area contributed by atoms with Crippen molar-refractivity contribution >= 4 is 21.7 Å². The van der Waals surface area contributed by atoms with E-state index in [2.05, 4.69) is 9.12 Å². The Kier molecular flexibility index (Phi) is 3.30. The van der Waals surface area contributed by atoms with Crippen LogP contribution in [0, 0.1) is 5.92 Å². The summed E-state index contributed by atoms with van der Waals surface area (Å²) < 4.78 is 28.6. The van der Waals surface area contributed by atoms with Gasteiger partial charge in [0.25, 0.3) is 0 Å². The number of Topliss-reactive ketones (excluding diaryl/α,β-unsaturated/α-hetero) is 1. The topological polar surface area (TPSA) is 95.8 Å². The second-order valence-electron chi connectivity index (χ2n) is 4.22. The maximum atomic E-state index is 11.5. The summed E-state index contributed by atoms with van der Waals surface area (Å²) in [6, 6.07) is 0. The highest BCUT2D eigenvalue weighted by atomic mass is 32.2. The highest BCUT2D eigenvalue weighted by molar-refractivity contribution is 7.88. The number of carbonyl (C=O) groups excluding carboxylic acids is 1. The first-order chi connectivity index (χ1) is 8.02. The average molecular weight is 258 g/mol. The van der Waals surface area contributed by atoms with Crippen molar-refractivity contribution in [2.75, 3.05) is 6.61 Å². The number of rotatable bonds is 3. The van der Waals surface area contributed by atoms with Crippen LogP contribution in [-0.2, 0) is 15.0 Å². The number of allylic oxidation sites excluding steroid dienone is 2. The number of ketones is 1. The first-order valence-corrected chi connectivity index (χ1v) is 6.94. The lowest BCUT2D eigenvalue weighted by molar-refractivity contribution is -0.115. The Labute approximate surface area is 99.6 Å². The van der Waals surface area contributed by atoms with E-state index in [4.69, 9.17) is 5.11 Å². The van der Waals surface area contributed by atoms with Crippen molar-refractivity contribution < 1.29 is 18.3 Å². The molecule has 1 saturated carbocycles. The molecule has 1 heterocycles. The van der Waals surface area contributed by atoms with E-state index in [-0.39, 0.29) is 11.6 Å². The summed E-state index contributed by atoms with van der Waals surface area (Å²) in [4.78, 5) is 11.3. The molecule has 0 spiro atoms. The monoisotopic (exact) mass is 258 g/mol. The normalized spacial score (nSPS) is 23.8. The minimum absolute atomic E-state index is 0.141. The molecular weight excluding hydrogens is 244 g/mol. The summed E-state index contributed by atoms with van der Waals surface area (Å²) >= 11 is 0. The summed E-state index contributed by atoms with van der Waals surface area (Å²) in [5.74, 6) is -0.535. The van der Waals surface area contributed by atoms with Crippen LogP contribution in [0.4, 0.5) is 0 Å². The molecule has 0 amide bonds. The van der Waals surface area contributed by atoms with Crippen molar-refractivity contribution in [3.05, 3.63) is 11.8 Å². The third kappa shape index (κ3) is 2.73. The van der Waals surface area contributed by atoms with Gasteiger partial charge in [0, 0.05) is 5.70 Å². The third-order valence-electron chi connectivity index (χ3n) is 2.98. The maximum Gasteiger partial charge on any atom is 0.342 e. The van der Waals surface area contributed by atoms with E-state index in [1.54, 1.807) is 0 Å². The first-order valence-electron chi connectivity index (χ1n) is 5.50. The lowest BCUT2D eigenvalue weighted by Crippen LogP contribution is -2.33. The maximum absolute atomic E-state index is 11.5. The smallest absolute Gasteiger partial charge is 0.342 e. The van der Waals surface area contributed by atoms with Crippen molar-refractivity contribution in [1.82, 2.24) is 4.72 Å². The molecule has 0 aromatic carbocycles. The van der Waals surface area contributed by atoms with Crippen LogP contribution in [0.15, 0.2) is 16.2 Å². The number of hydrogen-bond donors (Lipinski definition) is 2. The highest BCUT2D eigenvalue weighted by Gasteiger charge is 2.28. The van der Waals surface area contributed by atoms with E-state index in [9.17, 15) is 13.2 Å². The fraction of sp³-hybridized carbons (Fsp3) is 0.600. The van der Waals surface area contributed by atoms with Crippen molar-refractivity contribution in [1.29, 1.82) is 0 Å². The third-order valence-corrected chi connectivity index (χ3v) is 3.91.